The number of hydrogen-bond acceptors (Lipinski definition) is 3. The van der Waals surface area contributed by atoms with Crippen molar-refractivity contribution in [3.8, 4) is 0 Å². The van der Waals surface area contributed by atoms with Gasteiger partial charge in [-0.05, 0) is 47.3 Å². The van der Waals surface area contributed by atoms with Gasteiger partial charge in [0.05, 0.1) is 0 Å². The first kappa shape index (κ1) is 14.0. The van der Waals surface area contributed by atoms with Gasteiger partial charge in [-0.15, -0.1) is 11.3 Å². The second-order valence-corrected chi connectivity index (χ2v) is 6.54. The van der Waals surface area contributed by atoms with Crippen LogP contribution >= 0.6 is 27.3 Å². The third kappa shape index (κ3) is 3.56. The minimum atomic E-state index is 0.0247. The molecule has 1 N–H and O–H groups in total. The highest BCUT2D eigenvalue weighted by Crippen LogP contribution is 2.23. The van der Waals surface area contributed by atoms with Crippen LogP contribution in [0.25, 0.3) is 0 Å². The van der Waals surface area contributed by atoms with Crippen LogP contribution in [0, 0.1) is 0 Å². The highest BCUT2D eigenvalue weighted by Gasteiger charge is 2.19. The van der Waals surface area contributed by atoms with Crippen molar-refractivity contribution in [1.29, 1.82) is 0 Å². The number of hydrogen-bond donors (Lipinski definition) is 1. The summed E-state index contributed by atoms with van der Waals surface area (Å²) >= 11 is 4.85. The summed E-state index contributed by atoms with van der Waals surface area (Å²) in [6, 6.07) is 2.62. The van der Waals surface area contributed by atoms with E-state index in [0.717, 1.165) is 28.5 Å². The molecule has 0 aromatic carbocycles. The van der Waals surface area contributed by atoms with Crippen LogP contribution in [0.3, 0.4) is 0 Å². The van der Waals surface area contributed by atoms with E-state index >= 15 is 0 Å². The fraction of sp³-hybridized carbons (Fsp3) is 0.615. The molecular formula is C13H19BrN2OS. The number of nitrogens with one attached hydrogen (secondary N) is 1. The van der Waals surface area contributed by atoms with Crippen LogP contribution in [-0.4, -0.2) is 37.0 Å². The van der Waals surface area contributed by atoms with Crippen LogP contribution in [0.5, 0.6) is 0 Å². The lowest BCUT2D eigenvalue weighted by atomic mass is 10.2. The summed E-state index contributed by atoms with van der Waals surface area (Å²) in [6.07, 6.45) is 5.31. The van der Waals surface area contributed by atoms with E-state index in [2.05, 4.69) is 33.2 Å². The van der Waals surface area contributed by atoms with Crippen molar-refractivity contribution in [2.24, 2.45) is 0 Å². The Balaban J connectivity index is 1.72. The van der Waals surface area contributed by atoms with Gasteiger partial charge in [0.1, 0.15) is 4.88 Å². The molecule has 1 aliphatic carbocycles. The molecular weight excluding hydrogens is 312 g/mol. The van der Waals surface area contributed by atoms with Gasteiger partial charge in [0.25, 0.3) is 5.91 Å². The lowest BCUT2D eigenvalue weighted by Crippen LogP contribution is -2.37. The highest BCUT2D eigenvalue weighted by molar-refractivity contribution is 9.10. The number of carbonyl (C=O) groups excluding carboxylic acids is 1. The largest absolute Gasteiger partial charge is 0.350 e. The van der Waals surface area contributed by atoms with Gasteiger partial charge in [0.2, 0.25) is 0 Å². The topological polar surface area (TPSA) is 32.3 Å². The third-order valence-corrected chi connectivity index (χ3v) is 5.36. The van der Waals surface area contributed by atoms with E-state index in [1.165, 1.54) is 37.0 Å². The normalized spacial score (nSPS) is 16.4. The number of thiophene rings is 1. The van der Waals surface area contributed by atoms with Gasteiger partial charge in [0.15, 0.2) is 0 Å². The molecule has 0 radical (unpaired) electrons. The first-order valence-corrected chi connectivity index (χ1v) is 8.07. The van der Waals surface area contributed by atoms with E-state index in [4.69, 9.17) is 0 Å². The number of likely N-dealkylation sites (N-methyl/N-ethyl adjacent to an activating group) is 1. The molecule has 0 bridgehead atoms. The first-order chi connectivity index (χ1) is 8.68. The molecule has 5 heteroatoms. The van der Waals surface area contributed by atoms with Gasteiger partial charge in [-0.2, -0.15) is 0 Å². The summed E-state index contributed by atoms with van der Waals surface area (Å²) < 4.78 is 0.883. The third-order valence-electron chi connectivity index (χ3n) is 3.52. The molecule has 0 unspecified atom stereocenters. The van der Waals surface area contributed by atoms with Crippen LogP contribution in [0.2, 0.25) is 0 Å². The summed E-state index contributed by atoms with van der Waals surface area (Å²) in [5.41, 5.74) is 0. The van der Waals surface area contributed by atoms with Crippen molar-refractivity contribution in [2.75, 3.05) is 20.1 Å². The zero-order chi connectivity index (χ0) is 13.0. The van der Waals surface area contributed by atoms with Crippen LogP contribution < -0.4 is 5.32 Å². The minimum absolute atomic E-state index is 0.0247. The second kappa shape index (κ2) is 6.68. The van der Waals surface area contributed by atoms with E-state index < -0.39 is 0 Å². The quantitative estimate of drug-likeness (QED) is 0.899. The smallest absolute Gasteiger partial charge is 0.262 e. The predicted molar refractivity (Wildman–Crippen MR) is 79.2 cm³/mol. The van der Waals surface area contributed by atoms with Gasteiger partial charge in [0, 0.05) is 23.6 Å². The average molecular weight is 331 g/mol. The maximum atomic E-state index is 11.9. The fourth-order valence-electron chi connectivity index (χ4n) is 2.41. The van der Waals surface area contributed by atoms with Gasteiger partial charge < -0.3 is 10.2 Å². The number of halogens is 1. The maximum absolute atomic E-state index is 11.9. The highest BCUT2D eigenvalue weighted by atomic mass is 79.9. The monoisotopic (exact) mass is 330 g/mol. The zero-order valence-corrected chi connectivity index (χ0v) is 13.0. The summed E-state index contributed by atoms with van der Waals surface area (Å²) in [5.74, 6) is 0.0247. The molecule has 0 atom stereocenters. The van der Waals surface area contributed by atoms with Crippen molar-refractivity contribution in [3.63, 3.8) is 0 Å². The van der Waals surface area contributed by atoms with E-state index in [1.807, 2.05) is 11.4 Å². The molecule has 1 saturated carbocycles. The van der Waals surface area contributed by atoms with Crippen molar-refractivity contribution in [3.05, 3.63) is 20.8 Å². The average Bonchev–Trinajstić information content (AvgIpc) is 2.99. The van der Waals surface area contributed by atoms with E-state index in [-0.39, 0.29) is 5.91 Å². The van der Waals surface area contributed by atoms with Crippen LogP contribution in [0.1, 0.15) is 35.4 Å². The maximum Gasteiger partial charge on any atom is 0.262 e. The van der Waals surface area contributed by atoms with Gasteiger partial charge in [-0.1, -0.05) is 12.8 Å². The van der Waals surface area contributed by atoms with Crippen molar-refractivity contribution >= 4 is 33.2 Å². The SMILES string of the molecule is CN(CCNC(=O)c1sccc1Br)C1CCCC1. The first-order valence-electron chi connectivity index (χ1n) is 6.40. The zero-order valence-electron chi connectivity index (χ0n) is 10.6. The summed E-state index contributed by atoms with van der Waals surface area (Å²) in [5, 5.41) is 4.90. The Bertz CT molecular complexity index is 401. The molecule has 2 rings (SSSR count). The van der Waals surface area contributed by atoms with Crippen LogP contribution in [0.15, 0.2) is 15.9 Å². The van der Waals surface area contributed by atoms with E-state index in [9.17, 15) is 4.79 Å². The molecule has 18 heavy (non-hydrogen) atoms. The molecule has 1 aromatic heterocycles. The molecule has 1 heterocycles. The summed E-state index contributed by atoms with van der Waals surface area (Å²) in [7, 11) is 2.16. The van der Waals surface area contributed by atoms with Gasteiger partial charge in [-0.3, -0.25) is 4.79 Å². The van der Waals surface area contributed by atoms with Crippen molar-refractivity contribution < 1.29 is 4.79 Å². The van der Waals surface area contributed by atoms with E-state index in [1.54, 1.807) is 0 Å². The van der Waals surface area contributed by atoms with Crippen molar-refractivity contribution in [1.82, 2.24) is 10.2 Å². The Labute approximate surface area is 121 Å². The minimum Gasteiger partial charge on any atom is -0.350 e. The molecule has 1 aromatic rings. The Morgan fingerprint density at radius 3 is 2.89 bits per heavy atom. The lowest BCUT2D eigenvalue weighted by Gasteiger charge is -2.23. The molecule has 1 amide bonds. The fourth-order valence-corrected chi connectivity index (χ4v) is 3.88. The van der Waals surface area contributed by atoms with Crippen LogP contribution in [0.4, 0.5) is 0 Å². The number of nitrogens with zero attached hydrogens (tertiary/aromatic N) is 1. The second-order valence-electron chi connectivity index (χ2n) is 4.77. The number of carbonyl (C=O) groups is 1. The van der Waals surface area contributed by atoms with Gasteiger partial charge in [-0.25, -0.2) is 0 Å². The molecule has 100 valence electrons. The standard InChI is InChI=1S/C13H19BrN2OS/c1-16(10-4-2-3-5-10)8-7-15-13(17)12-11(14)6-9-18-12/h6,9-10H,2-5,7-8H2,1H3,(H,15,17). The predicted octanol–water partition coefficient (Wildman–Crippen LogP) is 3.11. The Kier molecular flexibility index (Phi) is 5.21. The molecule has 0 saturated heterocycles. The number of amides is 1. The summed E-state index contributed by atoms with van der Waals surface area (Å²) in [6.45, 7) is 1.65. The molecule has 1 aliphatic rings. The molecule has 0 spiro atoms. The lowest BCUT2D eigenvalue weighted by molar-refractivity contribution is 0.0950. The van der Waals surface area contributed by atoms with Crippen LogP contribution in [-0.2, 0) is 0 Å². The summed E-state index contributed by atoms with van der Waals surface area (Å²) in [4.78, 5) is 15.0. The van der Waals surface area contributed by atoms with E-state index in [0.29, 0.717) is 0 Å². The molecule has 3 nitrogen and oxygen atoms in total. The Morgan fingerprint density at radius 2 is 2.28 bits per heavy atom. The Morgan fingerprint density at radius 1 is 1.56 bits per heavy atom. The van der Waals surface area contributed by atoms with Crippen molar-refractivity contribution in [2.45, 2.75) is 31.7 Å². The van der Waals surface area contributed by atoms with Gasteiger partial charge >= 0.3 is 0 Å². The number of rotatable bonds is 5. The Hall–Kier alpha value is -0.390. The molecule has 0 aliphatic heterocycles. The molecule has 1 fully saturated rings.